The summed E-state index contributed by atoms with van der Waals surface area (Å²) in [4.78, 5) is 15.2. The van der Waals surface area contributed by atoms with Gasteiger partial charge in [0.15, 0.2) is 5.76 Å². The Kier molecular flexibility index (Phi) is 4.37. The zero-order chi connectivity index (χ0) is 18.4. The lowest BCUT2D eigenvalue weighted by atomic mass is 9.98. The van der Waals surface area contributed by atoms with E-state index in [-0.39, 0.29) is 5.78 Å². The maximum absolute atomic E-state index is 12.9. The Morgan fingerprint density at radius 2 is 2.08 bits per heavy atom. The van der Waals surface area contributed by atoms with Crippen LogP contribution in [0.3, 0.4) is 0 Å². The summed E-state index contributed by atoms with van der Waals surface area (Å²) in [7, 11) is 0. The van der Waals surface area contributed by atoms with Gasteiger partial charge in [-0.2, -0.15) is 0 Å². The van der Waals surface area contributed by atoms with Crippen LogP contribution in [0, 0.1) is 6.92 Å². The molecule has 5 heteroatoms. The average Bonchev–Trinajstić information content (AvgIpc) is 2.92. The van der Waals surface area contributed by atoms with Gasteiger partial charge >= 0.3 is 0 Å². The summed E-state index contributed by atoms with van der Waals surface area (Å²) in [6.07, 6.45) is 1.79. The molecule has 134 valence electrons. The number of aryl methyl sites for hydroxylation is 1. The lowest BCUT2D eigenvalue weighted by Gasteiger charge is -2.32. The molecule has 2 heterocycles. The first kappa shape index (κ1) is 17.3. The van der Waals surface area contributed by atoms with Crippen LogP contribution < -0.4 is 9.47 Å². The molecular weight excluding hydrogens is 394 g/mol. The molecule has 0 saturated carbocycles. The quantitative estimate of drug-likeness (QED) is 0.653. The Morgan fingerprint density at radius 3 is 2.81 bits per heavy atom. The first-order valence-corrected chi connectivity index (χ1v) is 9.46. The van der Waals surface area contributed by atoms with Crippen LogP contribution >= 0.6 is 15.9 Å². The Morgan fingerprint density at radius 1 is 1.27 bits per heavy atom. The summed E-state index contributed by atoms with van der Waals surface area (Å²) in [5.74, 6) is 1.75. The predicted octanol–water partition coefficient (Wildman–Crippen LogP) is 4.93. The second-order valence-electron chi connectivity index (χ2n) is 6.98. The van der Waals surface area contributed by atoms with Crippen LogP contribution in [0.15, 0.2) is 40.6 Å². The highest BCUT2D eigenvalue weighted by Crippen LogP contribution is 2.44. The van der Waals surface area contributed by atoms with E-state index in [2.05, 4.69) is 34.7 Å². The number of allylic oxidation sites excluding steroid dienone is 1. The number of benzene rings is 2. The molecule has 4 rings (SSSR count). The largest absolute Gasteiger partial charge is 0.478 e. The fourth-order valence-electron chi connectivity index (χ4n) is 3.33. The van der Waals surface area contributed by atoms with Gasteiger partial charge < -0.3 is 9.47 Å². The molecule has 0 fully saturated rings. The maximum Gasteiger partial charge on any atom is 0.232 e. The molecule has 0 radical (unpaired) electrons. The van der Waals surface area contributed by atoms with E-state index >= 15 is 0 Å². The van der Waals surface area contributed by atoms with Gasteiger partial charge in [0.2, 0.25) is 5.78 Å². The summed E-state index contributed by atoms with van der Waals surface area (Å²) < 4.78 is 12.9. The maximum atomic E-state index is 12.9. The van der Waals surface area contributed by atoms with Gasteiger partial charge in [-0.05, 0) is 56.2 Å². The van der Waals surface area contributed by atoms with E-state index in [0.29, 0.717) is 36.4 Å². The standard InChI is InChI=1S/C21H20BrNO3/c1-12(2)23-10-16-17(25-11-23)7-13(3)19-20(24)18(26-21(16)19)9-14-5-4-6-15(22)8-14/h4-9,12H,10-11H2,1-3H3/b18-9-. The van der Waals surface area contributed by atoms with Crippen molar-refractivity contribution in [3.63, 3.8) is 0 Å². The fraction of sp³-hybridized carbons (Fsp3) is 0.286. The summed E-state index contributed by atoms with van der Waals surface area (Å²) >= 11 is 3.46. The molecule has 0 atom stereocenters. The Balaban J connectivity index is 1.76. The number of halogens is 1. The zero-order valence-corrected chi connectivity index (χ0v) is 16.6. The number of carbonyl (C=O) groups excluding carboxylic acids is 1. The average molecular weight is 414 g/mol. The monoisotopic (exact) mass is 413 g/mol. The molecule has 0 aromatic heterocycles. The van der Waals surface area contributed by atoms with Crippen molar-refractivity contribution in [2.45, 2.75) is 33.4 Å². The van der Waals surface area contributed by atoms with Crippen molar-refractivity contribution < 1.29 is 14.3 Å². The molecule has 0 N–H and O–H groups in total. The molecule has 2 aliphatic rings. The normalized spacial score (nSPS) is 17.9. The smallest absolute Gasteiger partial charge is 0.232 e. The van der Waals surface area contributed by atoms with E-state index in [1.54, 1.807) is 6.08 Å². The number of hydrogen-bond donors (Lipinski definition) is 0. The first-order valence-electron chi connectivity index (χ1n) is 8.67. The number of hydrogen-bond acceptors (Lipinski definition) is 4. The van der Waals surface area contributed by atoms with Crippen LogP contribution in [0.1, 0.15) is 40.9 Å². The summed E-state index contributed by atoms with van der Waals surface area (Å²) in [5, 5.41) is 0. The highest BCUT2D eigenvalue weighted by atomic mass is 79.9. The van der Waals surface area contributed by atoms with Crippen molar-refractivity contribution in [1.82, 2.24) is 4.90 Å². The number of fused-ring (bicyclic) bond motifs is 3. The molecule has 0 saturated heterocycles. The number of ether oxygens (including phenoxy) is 2. The van der Waals surface area contributed by atoms with Gasteiger partial charge in [-0.1, -0.05) is 28.1 Å². The van der Waals surface area contributed by atoms with E-state index in [9.17, 15) is 4.79 Å². The third kappa shape index (κ3) is 2.95. The highest BCUT2D eigenvalue weighted by Gasteiger charge is 2.35. The van der Waals surface area contributed by atoms with Crippen molar-refractivity contribution in [2.75, 3.05) is 6.73 Å². The highest BCUT2D eigenvalue weighted by molar-refractivity contribution is 9.10. The molecule has 0 amide bonds. The van der Waals surface area contributed by atoms with E-state index < -0.39 is 0 Å². The van der Waals surface area contributed by atoms with Crippen LogP contribution in [0.4, 0.5) is 0 Å². The molecule has 0 bridgehead atoms. The second kappa shape index (κ2) is 6.56. The summed E-state index contributed by atoms with van der Waals surface area (Å²) in [6, 6.07) is 10.1. The summed E-state index contributed by atoms with van der Waals surface area (Å²) in [5.41, 5.74) is 3.41. The number of nitrogens with zero attached hydrogens (tertiary/aromatic N) is 1. The number of carbonyl (C=O) groups is 1. The molecule has 2 aliphatic heterocycles. The van der Waals surface area contributed by atoms with Crippen LogP contribution in [0.2, 0.25) is 0 Å². The molecule has 0 spiro atoms. The molecule has 4 nitrogen and oxygen atoms in total. The number of ketones is 1. The second-order valence-corrected chi connectivity index (χ2v) is 7.90. The van der Waals surface area contributed by atoms with Gasteiger partial charge in [0.25, 0.3) is 0 Å². The van der Waals surface area contributed by atoms with Gasteiger partial charge in [0.05, 0.1) is 11.1 Å². The molecule has 2 aromatic rings. The predicted molar refractivity (Wildman–Crippen MR) is 104 cm³/mol. The molecule has 0 unspecified atom stereocenters. The Bertz CT molecular complexity index is 933. The van der Waals surface area contributed by atoms with E-state index in [4.69, 9.17) is 9.47 Å². The van der Waals surface area contributed by atoms with Crippen LogP contribution in [-0.4, -0.2) is 23.5 Å². The Hall–Kier alpha value is -2.11. The first-order chi connectivity index (χ1) is 12.4. The van der Waals surface area contributed by atoms with Crippen LogP contribution in [0.25, 0.3) is 6.08 Å². The van der Waals surface area contributed by atoms with Crippen molar-refractivity contribution in [3.05, 3.63) is 62.8 Å². The zero-order valence-electron chi connectivity index (χ0n) is 15.0. The van der Waals surface area contributed by atoms with Gasteiger partial charge in [-0.25, -0.2) is 0 Å². The van der Waals surface area contributed by atoms with Crippen LogP contribution in [-0.2, 0) is 6.54 Å². The fourth-order valence-corrected chi connectivity index (χ4v) is 3.74. The third-order valence-corrected chi connectivity index (χ3v) is 5.32. The molecule has 26 heavy (non-hydrogen) atoms. The molecule has 2 aromatic carbocycles. The van der Waals surface area contributed by atoms with E-state index in [0.717, 1.165) is 26.9 Å². The lowest BCUT2D eigenvalue weighted by molar-refractivity contribution is 0.0673. The topological polar surface area (TPSA) is 38.8 Å². The van der Waals surface area contributed by atoms with Crippen molar-refractivity contribution in [1.29, 1.82) is 0 Å². The van der Waals surface area contributed by atoms with Gasteiger partial charge in [0, 0.05) is 17.1 Å². The Labute approximate surface area is 161 Å². The summed E-state index contributed by atoms with van der Waals surface area (Å²) in [6.45, 7) is 7.46. The lowest BCUT2D eigenvalue weighted by Crippen LogP contribution is -2.37. The number of rotatable bonds is 2. The van der Waals surface area contributed by atoms with Gasteiger partial charge in [-0.15, -0.1) is 0 Å². The number of Topliss-reactive ketones (excluding diaryl/α,β-unsaturated/α-hetero) is 1. The van der Waals surface area contributed by atoms with Gasteiger partial charge in [-0.3, -0.25) is 9.69 Å². The molecule has 0 aliphatic carbocycles. The van der Waals surface area contributed by atoms with Crippen molar-refractivity contribution >= 4 is 27.8 Å². The van der Waals surface area contributed by atoms with Gasteiger partial charge in [0.1, 0.15) is 18.2 Å². The molecular formula is C21H20BrNO3. The minimum atomic E-state index is -0.0676. The minimum Gasteiger partial charge on any atom is -0.478 e. The van der Waals surface area contributed by atoms with Crippen molar-refractivity contribution in [3.8, 4) is 11.5 Å². The van der Waals surface area contributed by atoms with Crippen LogP contribution in [0.5, 0.6) is 11.5 Å². The minimum absolute atomic E-state index is 0.0676. The SMILES string of the molecule is Cc1cc2c(c3c1C(=O)/C(=C/c1cccc(Br)c1)O3)CN(C(C)C)CO2. The van der Waals surface area contributed by atoms with Crippen molar-refractivity contribution in [2.24, 2.45) is 0 Å². The van der Waals surface area contributed by atoms with E-state index in [1.165, 1.54) is 0 Å². The van der Waals surface area contributed by atoms with E-state index in [1.807, 2.05) is 37.3 Å². The third-order valence-electron chi connectivity index (χ3n) is 4.83.